The average Bonchev–Trinajstić information content (AvgIpc) is 2.28. The van der Waals surface area contributed by atoms with Crippen molar-refractivity contribution in [3.8, 4) is 0 Å². The van der Waals surface area contributed by atoms with Crippen molar-refractivity contribution in [2.75, 3.05) is 18.0 Å². The summed E-state index contributed by atoms with van der Waals surface area (Å²) >= 11 is 0. The van der Waals surface area contributed by atoms with Crippen molar-refractivity contribution in [3.05, 3.63) is 29.8 Å². The van der Waals surface area contributed by atoms with Crippen molar-refractivity contribution in [3.63, 3.8) is 0 Å². The number of carboxylic acid groups (broad SMARTS) is 1. The average molecular weight is 234 g/mol. The van der Waals surface area contributed by atoms with Crippen LogP contribution in [0.4, 0.5) is 5.69 Å². The minimum absolute atomic E-state index is 0.202. The molecule has 1 unspecified atom stereocenters. The van der Waals surface area contributed by atoms with E-state index in [0.717, 1.165) is 11.3 Å². The van der Waals surface area contributed by atoms with Crippen LogP contribution in [-0.4, -0.2) is 36.1 Å². The van der Waals surface area contributed by atoms with Crippen molar-refractivity contribution in [2.24, 2.45) is 0 Å². The van der Waals surface area contributed by atoms with Crippen LogP contribution in [0.15, 0.2) is 24.3 Å². The largest absolute Gasteiger partial charge is 0.480 e. The summed E-state index contributed by atoms with van der Waals surface area (Å²) in [4.78, 5) is 24.1. The molecular weight excluding hydrogens is 220 g/mol. The maximum atomic E-state index is 11.4. The number of carboxylic acids is 1. The van der Waals surface area contributed by atoms with E-state index in [1.807, 2.05) is 31.2 Å². The second kappa shape index (κ2) is 4.45. The third-order valence-corrected chi connectivity index (χ3v) is 2.74. The minimum Gasteiger partial charge on any atom is -0.480 e. The SMILES string of the molecule is Cc1cccc(N2CC(=O)NC(C(=O)O)C2)c1. The molecule has 1 aromatic carbocycles. The number of piperazine rings is 1. The van der Waals surface area contributed by atoms with Crippen LogP contribution in [0.2, 0.25) is 0 Å². The van der Waals surface area contributed by atoms with Gasteiger partial charge in [-0.1, -0.05) is 12.1 Å². The summed E-state index contributed by atoms with van der Waals surface area (Å²) in [7, 11) is 0. The molecule has 0 spiro atoms. The predicted molar refractivity (Wildman–Crippen MR) is 63.0 cm³/mol. The number of aryl methyl sites for hydroxylation is 1. The third kappa shape index (κ3) is 2.55. The molecule has 0 saturated carbocycles. The van der Waals surface area contributed by atoms with E-state index in [9.17, 15) is 9.59 Å². The van der Waals surface area contributed by atoms with Gasteiger partial charge in [0.05, 0.1) is 6.54 Å². The monoisotopic (exact) mass is 234 g/mol. The molecule has 2 rings (SSSR count). The van der Waals surface area contributed by atoms with E-state index in [-0.39, 0.29) is 12.5 Å². The van der Waals surface area contributed by atoms with E-state index in [4.69, 9.17) is 5.11 Å². The molecule has 0 bridgehead atoms. The maximum absolute atomic E-state index is 11.4. The smallest absolute Gasteiger partial charge is 0.328 e. The molecule has 5 heteroatoms. The molecule has 1 aromatic rings. The quantitative estimate of drug-likeness (QED) is 0.776. The van der Waals surface area contributed by atoms with Gasteiger partial charge in [-0.05, 0) is 24.6 Å². The molecule has 1 atom stereocenters. The zero-order chi connectivity index (χ0) is 12.4. The van der Waals surface area contributed by atoms with E-state index in [2.05, 4.69) is 5.32 Å². The summed E-state index contributed by atoms with van der Waals surface area (Å²) < 4.78 is 0. The lowest BCUT2D eigenvalue weighted by molar-refractivity contribution is -0.142. The molecule has 1 amide bonds. The standard InChI is InChI=1S/C12H14N2O3/c1-8-3-2-4-9(5-8)14-6-10(12(16)17)13-11(15)7-14/h2-5,10H,6-7H2,1H3,(H,13,15)(H,16,17). The van der Waals surface area contributed by atoms with Gasteiger partial charge in [0.1, 0.15) is 6.04 Å². The summed E-state index contributed by atoms with van der Waals surface area (Å²) in [5.41, 5.74) is 1.96. The number of aliphatic carboxylic acids is 1. The van der Waals surface area contributed by atoms with Gasteiger partial charge in [0.2, 0.25) is 5.91 Å². The second-order valence-corrected chi connectivity index (χ2v) is 4.18. The van der Waals surface area contributed by atoms with Crippen LogP contribution in [0, 0.1) is 6.92 Å². The van der Waals surface area contributed by atoms with Gasteiger partial charge >= 0.3 is 5.97 Å². The summed E-state index contributed by atoms with van der Waals surface area (Å²) in [6, 6.07) is 6.84. The van der Waals surface area contributed by atoms with Gasteiger partial charge < -0.3 is 15.3 Å². The van der Waals surface area contributed by atoms with Crippen LogP contribution in [0.3, 0.4) is 0 Å². The Morgan fingerprint density at radius 2 is 2.29 bits per heavy atom. The lowest BCUT2D eigenvalue weighted by Gasteiger charge is -2.32. The lowest BCUT2D eigenvalue weighted by Crippen LogP contribution is -2.57. The van der Waals surface area contributed by atoms with Crippen LogP contribution < -0.4 is 10.2 Å². The summed E-state index contributed by atoms with van der Waals surface area (Å²) in [5.74, 6) is -1.26. The minimum atomic E-state index is -1.00. The van der Waals surface area contributed by atoms with Crippen molar-refractivity contribution in [2.45, 2.75) is 13.0 Å². The second-order valence-electron chi connectivity index (χ2n) is 4.18. The van der Waals surface area contributed by atoms with Crippen LogP contribution in [0.1, 0.15) is 5.56 Å². The van der Waals surface area contributed by atoms with Gasteiger partial charge in [0.15, 0.2) is 0 Å². The van der Waals surface area contributed by atoms with E-state index in [0.29, 0.717) is 6.54 Å². The normalized spacial score (nSPS) is 19.9. The molecule has 1 aliphatic rings. The van der Waals surface area contributed by atoms with Gasteiger partial charge in [-0.3, -0.25) is 4.79 Å². The number of hydrogen-bond acceptors (Lipinski definition) is 3. The van der Waals surface area contributed by atoms with Gasteiger partial charge in [0, 0.05) is 12.2 Å². The van der Waals surface area contributed by atoms with Gasteiger partial charge in [-0.25, -0.2) is 4.79 Å². The topological polar surface area (TPSA) is 69.6 Å². The highest BCUT2D eigenvalue weighted by molar-refractivity contribution is 5.89. The summed E-state index contributed by atoms with van der Waals surface area (Å²) in [6.07, 6.45) is 0. The molecule has 5 nitrogen and oxygen atoms in total. The summed E-state index contributed by atoms with van der Waals surface area (Å²) in [5, 5.41) is 11.4. The Bertz CT molecular complexity index is 459. The van der Waals surface area contributed by atoms with Crippen LogP contribution in [-0.2, 0) is 9.59 Å². The van der Waals surface area contributed by atoms with E-state index >= 15 is 0 Å². The first kappa shape index (κ1) is 11.4. The molecule has 1 saturated heterocycles. The molecule has 0 aliphatic carbocycles. The molecule has 1 fully saturated rings. The van der Waals surface area contributed by atoms with E-state index < -0.39 is 12.0 Å². The number of hydrogen-bond donors (Lipinski definition) is 2. The molecule has 0 radical (unpaired) electrons. The Morgan fingerprint density at radius 3 is 2.94 bits per heavy atom. The zero-order valence-electron chi connectivity index (χ0n) is 9.51. The third-order valence-electron chi connectivity index (χ3n) is 2.74. The van der Waals surface area contributed by atoms with Gasteiger partial charge in [0.25, 0.3) is 0 Å². The van der Waals surface area contributed by atoms with Crippen LogP contribution in [0.25, 0.3) is 0 Å². The predicted octanol–water partition coefficient (Wildman–Crippen LogP) is 0.384. The van der Waals surface area contributed by atoms with Crippen LogP contribution >= 0.6 is 0 Å². The number of nitrogens with zero attached hydrogens (tertiary/aromatic N) is 1. The Labute approximate surface area is 99.0 Å². The number of amides is 1. The lowest BCUT2D eigenvalue weighted by atomic mass is 10.1. The van der Waals surface area contributed by atoms with Gasteiger partial charge in [-0.15, -0.1) is 0 Å². The fourth-order valence-corrected chi connectivity index (χ4v) is 1.91. The first-order valence-corrected chi connectivity index (χ1v) is 5.40. The Morgan fingerprint density at radius 1 is 1.53 bits per heavy atom. The molecule has 90 valence electrons. The van der Waals surface area contributed by atoms with E-state index in [1.54, 1.807) is 4.90 Å². The first-order chi connectivity index (χ1) is 8.06. The molecule has 2 N–H and O–H groups in total. The molecular formula is C12H14N2O3. The number of anilines is 1. The number of carbonyl (C=O) groups is 2. The zero-order valence-corrected chi connectivity index (χ0v) is 9.51. The summed E-state index contributed by atoms with van der Waals surface area (Å²) in [6.45, 7) is 2.46. The van der Waals surface area contributed by atoms with Gasteiger partial charge in [-0.2, -0.15) is 0 Å². The highest BCUT2D eigenvalue weighted by Crippen LogP contribution is 2.17. The Balaban J connectivity index is 2.21. The van der Waals surface area contributed by atoms with Crippen LogP contribution in [0.5, 0.6) is 0 Å². The highest BCUT2D eigenvalue weighted by atomic mass is 16.4. The highest BCUT2D eigenvalue weighted by Gasteiger charge is 2.29. The maximum Gasteiger partial charge on any atom is 0.328 e. The Hall–Kier alpha value is -2.04. The van der Waals surface area contributed by atoms with Crippen molar-refractivity contribution >= 4 is 17.6 Å². The number of nitrogens with one attached hydrogen (secondary N) is 1. The van der Waals surface area contributed by atoms with E-state index in [1.165, 1.54) is 0 Å². The Kier molecular flexibility index (Phi) is 2.99. The molecule has 1 heterocycles. The number of carbonyl (C=O) groups excluding carboxylic acids is 1. The fourth-order valence-electron chi connectivity index (χ4n) is 1.91. The van der Waals surface area contributed by atoms with Crippen molar-refractivity contribution in [1.29, 1.82) is 0 Å². The molecule has 17 heavy (non-hydrogen) atoms. The number of benzene rings is 1. The fraction of sp³-hybridized carbons (Fsp3) is 0.333. The van der Waals surface area contributed by atoms with Crippen molar-refractivity contribution < 1.29 is 14.7 Å². The number of rotatable bonds is 2. The molecule has 1 aliphatic heterocycles. The molecule has 0 aromatic heterocycles. The van der Waals surface area contributed by atoms with Crippen molar-refractivity contribution in [1.82, 2.24) is 5.32 Å². The first-order valence-electron chi connectivity index (χ1n) is 5.40.